The van der Waals surface area contributed by atoms with Gasteiger partial charge in [0.25, 0.3) is 5.91 Å². The van der Waals surface area contributed by atoms with Crippen LogP contribution in [-0.2, 0) is 4.79 Å². The number of anilines is 1. The van der Waals surface area contributed by atoms with Crippen molar-refractivity contribution in [2.45, 2.75) is 13.8 Å². The Labute approximate surface area is 175 Å². The number of rotatable bonds is 4. The number of nitrogens with one attached hydrogen (secondary N) is 1. The number of hydrogen-bond acceptors (Lipinski definition) is 2. The van der Waals surface area contributed by atoms with Crippen LogP contribution in [0.1, 0.15) is 17.0 Å². The molecule has 0 unspecified atom stereocenters. The number of aryl methyl sites for hydroxylation is 1. The zero-order chi connectivity index (χ0) is 21.1. The maximum Gasteiger partial charge on any atom is 0.266 e. The molecule has 4 rings (SSSR count). The van der Waals surface area contributed by atoms with Crippen LogP contribution < -0.4 is 5.32 Å². The number of benzene rings is 3. The van der Waals surface area contributed by atoms with Crippen LogP contribution in [0.25, 0.3) is 22.5 Å². The summed E-state index contributed by atoms with van der Waals surface area (Å²) in [7, 11) is 0. The van der Waals surface area contributed by atoms with E-state index in [0.717, 1.165) is 33.4 Å². The first-order valence-electron chi connectivity index (χ1n) is 9.73. The molecule has 30 heavy (non-hydrogen) atoms. The van der Waals surface area contributed by atoms with E-state index in [-0.39, 0.29) is 5.57 Å². The summed E-state index contributed by atoms with van der Waals surface area (Å²) in [6, 6.07) is 27.7. The third kappa shape index (κ3) is 3.74. The van der Waals surface area contributed by atoms with Gasteiger partial charge in [-0.1, -0.05) is 48.5 Å². The van der Waals surface area contributed by atoms with Crippen molar-refractivity contribution in [3.05, 3.63) is 101 Å². The number of para-hydroxylation sites is 1. The van der Waals surface area contributed by atoms with E-state index in [9.17, 15) is 10.1 Å². The van der Waals surface area contributed by atoms with Crippen LogP contribution in [0.2, 0.25) is 0 Å². The SMILES string of the molecule is Cc1cc(/C=C(\C#N)C(=O)Nc2ccc3ccccc3c2)c(C)n1-c1ccccc1. The van der Waals surface area contributed by atoms with E-state index in [2.05, 4.69) is 9.88 Å². The second-order valence-electron chi connectivity index (χ2n) is 7.18. The van der Waals surface area contributed by atoms with Crippen molar-refractivity contribution < 1.29 is 4.79 Å². The van der Waals surface area contributed by atoms with Crippen molar-refractivity contribution in [1.29, 1.82) is 5.26 Å². The van der Waals surface area contributed by atoms with E-state index in [0.29, 0.717) is 5.69 Å². The average molecular weight is 391 g/mol. The predicted octanol–water partition coefficient (Wildman–Crippen LogP) is 5.79. The lowest BCUT2D eigenvalue weighted by Gasteiger charge is -2.09. The third-order valence-corrected chi connectivity index (χ3v) is 5.16. The first-order valence-corrected chi connectivity index (χ1v) is 9.73. The van der Waals surface area contributed by atoms with Crippen LogP contribution >= 0.6 is 0 Å². The van der Waals surface area contributed by atoms with Crippen LogP contribution in [-0.4, -0.2) is 10.5 Å². The largest absolute Gasteiger partial charge is 0.321 e. The highest BCUT2D eigenvalue weighted by molar-refractivity contribution is 6.10. The normalized spacial score (nSPS) is 11.3. The number of carbonyl (C=O) groups excluding carboxylic acids is 1. The molecule has 0 fully saturated rings. The molecule has 4 heteroatoms. The maximum atomic E-state index is 12.7. The molecule has 0 aliphatic carbocycles. The summed E-state index contributed by atoms with van der Waals surface area (Å²) in [6.45, 7) is 4.00. The number of nitriles is 1. The van der Waals surface area contributed by atoms with E-state index in [4.69, 9.17) is 0 Å². The molecule has 0 radical (unpaired) electrons. The number of amides is 1. The summed E-state index contributed by atoms with van der Waals surface area (Å²) < 4.78 is 2.11. The van der Waals surface area contributed by atoms with Gasteiger partial charge in [0.05, 0.1) is 0 Å². The Morgan fingerprint density at radius 1 is 0.933 bits per heavy atom. The van der Waals surface area contributed by atoms with Gasteiger partial charge in [0.2, 0.25) is 0 Å². The Morgan fingerprint density at radius 3 is 2.37 bits per heavy atom. The summed E-state index contributed by atoms with van der Waals surface area (Å²) in [5.41, 5.74) is 4.64. The van der Waals surface area contributed by atoms with Crippen molar-refractivity contribution in [3.8, 4) is 11.8 Å². The lowest BCUT2D eigenvalue weighted by molar-refractivity contribution is -0.112. The highest BCUT2D eigenvalue weighted by Crippen LogP contribution is 2.24. The minimum Gasteiger partial charge on any atom is -0.321 e. The fraction of sp³-hybridized carbons (Fsp3) is 0.0769. The highest BCUT2D eigenvalue weighted by Gasteiger charge is 2.14. The summed E-state index contributed by atoms with van der Waals surface area (Å²) in [4.78, 5) is 12.7. The summed E-state index contributed by atoms with van der Waals surface area (Å²) in [6.07, 6.45) is 1.65. The van der Waals surface area contributed by atoms with Crippen molar-refractivity contribution in [1.82, 2.24) is 4.57 Å². The molecule has 1 heterocycles. The van der Waals surface area contributed by atoms with Crippen LogP contribution in [0.3, 0.4) is 0 Å². The Bertz CT molecular complexity index is 1310. The quantitative estimate of drug-likeness (QED) is 0.353. The van der Waals surface area contributed by atoms with E-state index >= 15 is 0 Å². The van der Waals surface area contributed by atoms with E-state index in [1.165, 1.54) is 0 Å². The minimum atomic E-state index is -0.419. The Hall–Kier alpha value is -4.10. The van der Waals surface area contributed by atoms with Gasteiger partial charge in [-0.15, -0.1) is 0 Å². The van der Waals surface area contributed by atoms with E-state index in [1.54, 1.807) is 6.08 Å². The fourth-order valence-corrected chi connectivity index (χ4v) is 3.68. The number of hydrogen-bond donors (Lipinski definition) is 1. The average Bonchev–Trinajstić information content (AvgIpc) is 3.05. The van der Waals surface area contributed by atoms with E-state index < -0.39 is 5.91 Å². The zero-order valence-electron chi connectivity index (χ0n) is 16.9. The smallest absolute Gasteiger partial charge is 0.266 e. The Kier molecular flexibility index (Phi) is 5.19. The molecule has 0 atom stereocenters. The second kappa shape index (κ2) is 8.10. The van der Waals surface area contributed by atoms with Gasteiger partial charge in [0.1, 0.15) is 11.6 Å². The molecule has 3 aromatic carbocycles. The first-order chi connectivity index (χ1) is 14.6. The maximum absolute atomic E-state index is 12.7. The molecule has 1 aromatic heterocycles. The number of carbonyl (C=O) groups is 1. The minimum absolute atomic E-state index is 0.0662. The van der Waals surface area contributed by atoms with Crippen LogP contribution in [0, 0.1) is 25.2 Å². The first kappa shape index (κ1) is 19.2. The second-order valence-corrected chi connectivity index (χ2v) is 7.18. The van der Waals surface area contributed by atoms with Crippen molar-refractivity contribution in [2.75, 3.05) is 5.32 Å². The molecule has 0 aliphatic heterocycles. The number of fused-ring (bicyclic) bond motifs is 1. The van der Waals surface area contributed by atoms with Gasteiger partial charge in [-0.2, -0.15) is 5.26 Å². The molecule has 1 amide bonds. The van der Waals surface area contributed by atoms with Gasteiger partial charge in [-0.3, -0.25) is 4.79 Å². The molecule has 0 spiro atoms. The van der Waals surface area contributed by atoms with Gasteiger partial charge < -0.3 is 9.88 Å². The van der Waals surface area contributed by atoms with Gasteiger partial charge in [0.15, 0.2) is 0 Å². The van der Waals surface area contributed by atoms with Gasteiger partial charge >= 0.3 is 0 Å². The summed E-state index contributed by atoms with van der Waals surface area (Å²) >= 11 is 0. The van der Waals surface area contributed by atoms with Crippen molar-refractivity contribution >= 4 is 28.4 Å². The van der Waals surface area contributed by atoms with Crippen molar-refractivity contribution in [3.63, 3.8) is 0 Å². The molecular formula is C26H21N3O. The monoisotopic (exact) mass is 391 g/mol. The lowest BCUT2D eigenvalue weighted by atomic mass is 10.1. The fourth-order valence-electron chi connectivity index (χ4n) is 3.68. The molecule has 146 valence electrons. The number of aromatic nitrogens is 1. The summed E-state index contributed by atoms with van der Waals surface area (Å²) in [5.74, 6) is -0.419. The highest BCUT2D eigenvalue weighted by atomic mass is 16.1. The molecule has 0 bridgehead atoms. The Balaban J connectivity index is 1.63. The van der Waals surface area contributed by atoms with Crippen LogP contribution in [0.4, 0.5) is 5.69 Å². The Morgan fingerprint density at radius 2 is 1.63 bits per heavy atom. The van der Waals surface area contributed by atoms with Gasteiger partial charge in [-0.25, -0.2) is 0 Å². The molecule has 1 N–H and O–H groups in total. The lowest BCUT2D eigenvalue weighted by Crippen LogP contribution is -2.13. The molecule has 0 aliphatic rings. The third-order valence-electron chi connectivity index (χ3n) is 5.16. The molecule has 0 saturated carbocycles. The zero-order valence-corrected chi connectivity index (χ0v) is 16.9. The molecule has 4 nitrogen and oxygen atoms in total. The van der Waals surface area contributed by atoms with Gasteiger partial charge in [0, 0.05) is 22.8 Å². The standard InChI is InChI=1S/C26H21N3O/c1-18-14-22(19(2)29(18)25-10-4-3-5-11-25)15-23(17-27)26(30)28-24-13-12-20-8-6-7-9-21(20)16-24/h3-16H,1-2H3,(H,28,30)/b23-15+. The van der Waals surface area contributed by atoms with Gasteiger partial charge in [-0.05, 0) is 66.6 Å². The van der Waals surface area contributed by atoms with Crippen molar-refractivity contribution in [2.24, 2.45) is 0 Å². The summed E-state index contributed by atoms with van der Waals surface area (Å²) in [5, 5.41) is 14.6. The molecule has 0 saturated heterocycles. The van der Waals surface area contributed by atoms with E-state index in [1.807, 2.05) is 98.8 Å². The van der Waals surface area contributed by atoms with Crippen LogP contribution in [0.5, 0.6) is 0 Å². The molecular weight excluding hydrogens is 370 g/mol. The molecule has 4 aromatic rings. The predicted molar refractivity (Wildman–Crippen MR) is 121 cm³/mol. The number of nitrogens with zero attached hydrogens (tertiary/aromatic N) is 2. The topological polar surface area (TPSA) is 57.8 Å². The van der Waals surface area contributed by atoms with Crippen LogP contribution in [0.15, 0.2) is 84.4 Å².